The molecule has 1 fully saturated rings. The van der Waals surface area contributed by atoms with Crippen molar-refractivity contribution < 1.29 is 18.3 Å². The summed E-state index contributed by atoms with van der Waals surface area (Å²) >= 11 is 7.65. The van der Waals surface area contributed by atoms with Gasteiger partial charge >= 0.3 is 5.97 Å². The highest BCUT2D eigenvalue weighted by atomic mass is 35.5. The fourth-order valence-electron chi connectivity index (χ4n) is 1.94. The van der Waals surface area contributed by atoms with Crippen LogP contribution in [0.3, 0.4) is 0 Å². The number of carboxylic acids is 1. The number of nitrogens with zero attached hydrogens (tertiary/aromatic N) is 1. The van der Waals surface area contributed by atoms with Crippen molar-refractivity contribution in [1.29, 1.82) is 0 Å². The third-order valence-corrected chi connectivity index (χ3v) is 6.41. The monoisotopic (exact) mass is 335 g/mol. The van der Waals surface area contributed by atoms with Crippen LogP contribution in [0.2, 0.25) is 5.02 Å². The van der Waals surface area contributed by atoms with Gasteiger partial charge in [0, 0.05) is 18.8 Å². The lowest BCUT2D eigenvalue weighted by molar-refractivity contribution is 0.0696. The normalized spacial score (nSPS) is 17.6. The van der Waals surface area contributed by atoms with Gasteiger partial charge < -0.3 is 5.11 Å². The second kappa shape index (κ2) is 6.34. The first-order chi connectivity index (χ1) is 9.43. The summed E-state index contributed by atoms with van der Waals surface area (Å²) < 4.78 is 26.5. The van der Waals surface area contributed by atoms with Crippen molar-refractivity contribution in [2.24, 2.45) is 0 Å². The second-order valence-corrected chi connectivity index (χ2v) is 7.86. The number of rotatable bonds is 3. The molecule has 0 aliphatic carbocycles. The van der Waals surface area contributed by atoms with Crippen LogP contribution in [0.15, 0.2) is 23.1 Å². The molecule has 0 aromatic heterocycles. The van der Waals surface area contributed by atoms with E-state index >= 15 is 0 Å². The fourth-order valence-corrected chi connectivity index (χ4v) is 4.92. The Morgan fingerprint density at radius 3 is 2.75 bits per heavy atom. The van der Waals surface area contributed by atoms with Crippen LogP contribution in [0, 0.1) is 0 Å². The highest BCUT2D eigenvalue weighted by Gasteiger charge is 2.28. The van der Waals surface area contributed by atoms with Crippen molar-refractivity contribution >= 4 is 39.4 Å². The molecule has 0 amide bonds. The first-order valence-corrected chi connectivity index (χ1v) is 9.01. The van der Waals surface area contributed by atoms with Crippen LogP contribution in [0.4, 0.5) is 0 Å². The van der Waals surface area contributed by atoms with E-state index in [1.54, 1.807) is 11.8 Å². The van der Waals surface area contributed by atoms with E-state index in [1.807, 2.05) is 0 Å². The molecule has 110 valence electrons. The molecule has 1 aromatic rings. The van der Waals surface area contributed by atoms with Gasteiger partial charge in [0.2, 0.25) is 10.0 Å². The number of hydrogen-bond acceptors (Lipinski definition) is 4. The zero-order valence-corrected chi connectivity index (χ0v) is 13.0. The first-order valence-electron chi connectivity index (χ1n) is 6.03. The van der Waals surface area contributed by atoms with Crippen molar-refractivity contribution in [2.45, 2.75) is 11.3 Å². The van der Waals surface area contributed by atoms with Crippen LogP contribution >= 0.6 is 23.4 Å². The minimum Gasteiger partial charge on any atom is -0.478 e. The van der Waals surface area contributed by atoms with E-state index < -0.39 is 16.0 Å². The SMILES string of the molecule is O=C(O)c1ccc(Cl)c(S(=O)(=O)N2CCCSCC2)c1. The molecule has 0 radical (unpaired) electrons. The highest BCUT2D eigenvalue weighted by molar-refractivity contribution is 7.99. The van der Waals surface area contributed by atoms with Gasteiger partial charge in [0.1, 0.15) is 4.90 Å². The molecule has 0 spiro atoms. The topological polar surface area (TPSA) is 74.7 Å². The molecule has 1 aromatic carbocycles. The Morgan fingerprint density at radius 2 is 2.05 bits per heavy atom. The Hall–Kier alpha value is -0.760. The number of carbonyl (C=O) groups is 1. The van der Waals surface area contributed by atoms with Gasteiger partial charge in [-0.2, -0.15) is 16.1 Å². The summed E-state index contributed by atoms with van der Waals surface area (Å²) in [6.45, 7) is 0.851. The maximum absolute atomic E-state index is 12.6. The lowest BCUT2D eigenvalue weighted by Crippen LogP contribution is -2.33. The highest BCUT2D eigenvalue weighted by Crippen LogP contribution is 2.27. The molecule has 0 saturated carbocycles. The van der Waals surface area contributed by atoms with Crippen molar-refractivity contribution in [3.8, 4) is 0 Å². The van der Waals surface area contributed by atoms with Crippen LogP contribution in [-0.4, -0.2) is 48.4 Å². The molecule has 1 N–H and O–H groups in total. The van der Waals surface area contributed by atoms with Gasteiger partial charge in [0.05, 0.1) is 10.6 Å². The summed E-state index contributed by atoms with van der Waals surface area (Å²) in [5.41, 5.74) is -0.0860. The number of hydrogen-bond donors (Lipinski definition) is 1. The van der Waals surface area contributed by atoms with Crippen molar-refractivity contribution in [3.05, 3.63) is 28.8 Å². The molecule has 0 bridgehead atoms. The van der Waals surface area contributed by atoms with Gasteiger partial charge in [-0.05, 0) is 30.4 Å². The van der Waals surface area contributed by atoms with Crippen LogP contribution in [0.25, 0.3) is 0 Å². The van der Waals surface area contributed by atoms with Gasteiger partial charge in [-0.15, -0.1) is 0 Å². The van der Waals surface area contributed by atoms with Crippen molar-refractivity contribution in [3.63, 3.8) is 0 Å². The van der Waals surface area contributed by atoms with E-state index in [-0.39, 0.29) is 15.5 Å². The average Bonchev–Trinajstić information content (AvgIpc) is 2.68. The largest absolute Gasteiger partial charge is 0.478 e. The minimum absolute atomic E-state index is 0.0481. The molecule has 5 nitrogen and oxygen atoms in total. The quantitative estimate of drug-likeness (QED) is 0.916. The van der Waals surface area contributed by atoms with Crippen LogP contribution in [0.1, 0.15) is 16.8 Å². The molecule has 1 heterocycles. The summed E-state index contributed by atoms with van der Waals surface area (Å²) in [6, 6.07) is 3.73. The van der Waals surface area contributed by atoms with Gasteiger partial charge in [0.25, 0.3) is 0 Å². The minimum atomic E-state index is -3.75. The van der Waals surface area contributed by atoms with E-state index in [9.17, 15) is 13.2 Å². The molecule has 8 heteroatoms. The van der Waals surface area contributed by atoms with Crippen molar-refractivity contribution in [1.82, 2.24) is 4.31 Å². The molecule has 1 aliphatic rings. The fraction of sp³-hybridized carbons (Fsp3) is 0.417. The Morgan fingerprint density at radius 1 is 1.30 bits per heavy atom. The van der Waals surface area contributed by atoms with Crippen LogP contribution in [-0.2, 0) is 10.0 Å². The molecule has 20 heavy (non-hydrogen) atoms. The van der Waals surface area contributed by atoms with E-state index in [2.05, 4.69) is 0 Å². The zero-order chi connectivity index (χ0) is 14.8. The van der Waals surface area contributed by atoms with E-state index in [4.69, 9.17) is 16.7 Å². The van der Waals surface area contributed by atoms with E-state index in [1.165, 1.54) is 16.4 Å². The molecule has 0 unspecified atom stereocenters. The molecule has 1 saturated heterocycles. The Labute approximate surface area is 127 Å². The average molecular weight is 336 g/mol. The third-order valence-electron chi connectivity index (χ3n) is 2.98. The Kier molecular flexibility index (Phi) is 4.95. The van der Waals surface area contributed by atoms with E-state index in [0.29, 0.717) is 13.1 Å². The first kappa shape index (κ1) is 15.6. The molecule has 1 aliphatic heterocycles. The standard InChI is InChI=1S/C12H14ClNO4S2/c13-10-3-2-9(12(15)16)8-11(10)20(17,18)14-4-1-6-19-7-5-14/h2-3,8H,1,4-7H2,(H,15,16). The summed E-state index contributed by atoms with van der Waals surface area (Å²) in [4.78, 5) is 10.8. The van der Waals surface area contributed by atoms with Gasteiger partial charge in [-0.1, -0.05) is 11.6 Å². The van der Waals surface area contributed by atoms with Gasteiger partial charge in [-0.3, -0.25) is 0 Å². The van der Waals surface area contributed by atoms with Crippen molar-refractivity contribution in [2.75, 3.05) is 24.6 Å². The lowest BCUT2D eigenvalue weighted by Gasteiger charge is -2.20. The maximum atomic E-state index is 12.6. The number of halogens is 1. The Bertz CT molecular complexity index is 610. The number of sulfonamides is 1. The van der Waals surface area contributed by atoms with Gasteiger partial charge in [0.15, 0.2) is 0 Å². The van der Waals surface area contributed by atoms with Gasteiger partial charge in [-0.25, -0.2) is 13.2 Å². The lowest BCUT2D eigenvalue weighted by atomic mass is 10.2. The molecule has 0 atom stereocenters. The molecule has 2 rings (SSSR count). The number of aromatic carboxylic acids is 1. The number of thioether (sulfide) groups is 1. The Balaban J connectivity index is 2.42. The summed E-state index contributed by atoms with van der Waals surface area (Å²) in [5.74, 6) is 0.481. The zero-order valence-electron chi connectivity index (χ0n) is 10.6. The molecular formula is C12H14ClNO4S2. The maximum Gasteiger partial charge on any atom is 0.335 e. The predicted molar refractivity (Wildman–Crippen MR) is 79.1 cm³/mol. The summed E-state index contributed by atoms with van der Waals surface area (Å²) in [6.07, 6.45) is 0.778. The summed E-state index contributed by atoms with van der Waals surface area (Å²) in [7, 11) is -3.75. The van der Waals surface area contributed by atoms with E-state index in [0.717, 1.165) is 24.0 Å². The third kappa shape index (κ3) is 3.28. The number of benzene rings is 1. The number of carboxylic acid groups (broad SMARTS) is 1. The molecular weight excluding hydrogens is 322 g/mol. The predicted octanol–water partition coefficient (Wildman–Crippen LogP) is 2.17. The second-order valence-electron chi connectivity index (χ2n) is 4.32. The van der Waals surface area contributed by atoms with Crippen LogP contribution < -0.4 is 0 Å². The smallest absolute Gasteiger partial charge is 0.335 e. The van der Waals surface area contributed by atoms with Crippen LogP contribution in [0.5, 0.6) is 0 Å². The summed E-state index contributed by atoms with van der Waals surface area (Å²) in [5, 5.41) is 9.01.